The molecule has 0 fully saturated rings. The van der Waals surface area contributed by atoms with Crippen LogP contribution in [0.4, 0.5) is 5.69 Å². The molecule has 0 aliphatic carbocycles. The molecule has 4 heteroatoms. The lowest BCUT2D eigenvalue weighted by Crippen LogP contribution is -2.28. The lowest BCUT2D eigenvalue weighted by atomic mass is 10.1. The van der Waals surface area contributed by atoms with Gasteiger partial charge in [0.2, 0.25) is 0 Å². The van der Waals surface area contributed by atoms with Gasteiger partial charge in [-0.2, -0.15) is 0 Å². The number of fused-ring (bicyclic) bond motifs is 1. The molecule has 106 valence electrons. The van der Waals surface area contributed by atoms with Crippen LogP contribution in [0, 0.1) is 0 Å². The summed E-state index contributed by atoms with van der Waals surface area (Å²) >= 11 is 6.31. The van der Waals surface area contributed by atoms with E-state index >= 15 is 0 Å². The van der Waals surface area contributed by atoms with Crippen molar-refractivity contribution >= 4 is 17.3 Å². The highest BCUT2D eigenvalue weighted by molar-refractivity contribution is 6.33. The Balaban J connectivity index is 2.03. The van der Waals surface area contributed by atoms with Crippen LogP contribution in [0.2, 0.25) is 5.02 Å². The van der Waals surface area contributed by atoms with Gasteiger partial charge in [0, 0.05) is 25.1 Å². The first-order valence-corrected chi connectivity index (χ1v) is 7.47. The van der Waals surface area contributed by atoms with Crippen molar-refractivity contribution in [3.8, 4) is 5.75 Å². The largest absolute Gasteiger partial charge is 0.490 e. The fourth-order valence-electron chi connectivity index (χ4n) is 2.53. The molecule has 2 rings (SSSR count). The maximum Gasteiger partial charge on any atom is 0.125 e. The van der Waals surface area contributed by atoms with Crippen molar-refractivity contribution in [3.05, 3.63) is 22.7 Å². The van der Waals surface area contributed by atoms with Gasteiger partial charge in [-0.3, -0.25) is 0 Å². The van der Waals surface area contributed by atoms with E-state index in [1.807, 2.05) is 12.1 Å². The fourth-order valence-corrected chi connectivity index (χ4v) is 2.77. The van der Waals surface area contributed by atoms with E-state index in [-0.39, 0.29) is 6.10 Å². The molecule has 0 amide bonds. The number of hydrogen-bond donors (Lipinski definition) is 1. The van der Waals surface area contributed by atoms with Gasteiger partial charge in [-0.25, -0.2) is 0 Å². The summed E-state index contributed by atoms with van der Waals surface area (Å²) in [6.45, 7) is 10.6. The SMILES string of the molecule is CCN(CC)CCNc1c(Cl)ccc2c1CC(C)O2. The van der Waals surface area contributed by atoms with Crippen molar-refractivity contribution in [1.82, 2.24) is 4.90 Å². The number of hydrogen-bond acceptors (Lipinski definition) is 3. The highest BCUT2D eigenvalue weighted by atomic mass is 35.5. The number of ether oxygens (including phenoxy) is 1. The van der Waals surface area contributed by atoms with Gasteiger partial charge in [-0.05, 0) is 32.1 Å². The van der Waals surface area contributed by atoms with E-state index in [1.54, 1.807) is 0 Å². The van der Waals surface area contributed by atoms with E-state index < -0.39 is 0 Å². The monoisotopic (exact) mass is 282 g/mol. The summed E-state index contributed by atoms with van der Waals surface area (Å²) in [5.41, 5.74) is 2.27. The number of benzene rings is 1. The van der Waals surface area contributed by atoms with Gasteiger partial charge in [-0.15, -0.1) is 0 Å². The van der Waals surface area contributed by atoms with Gasteiger partial charge in [-0.1, -0.05) is 25.4 Å². The number of nitrogens with one attached hydrogen (secondary N) is 1. The molecule has 0 radical (unpaired) electrons. The van der Waals surface area contributed by atoms with Crippen molar-refractivity contribution in [1.29, 1.82) is 0 Å². The first-order valence-electron chi connectivity index (χ1n) is 7.10. The smallest absolute Gasteiger partial charge is 0.125 e. The zero-order valence-electron chi connectivity index (χ0n) is 12.0. The van der Waals surface area contributed by atoms with Gasteiger partial charge >= 0.3 is 0 Å². The minimum Gasteiger partial charge on any atom is -0.490 e. The second-order valence-electron chi connectivity index (χ2n) is 4.99. The molecule has 0 bridgehead atoms. The lowest BCUT2D eigenvalue weighted by Gasteiger charge is -2.19. The summed E-state index contributed by atoms with van der Waals surface area (Å²) in [6.07, 6.45) is 1.18. The van der Waals surface area contributed by atoms with Crippen molar-refractivity contribution in [2.24, 2.45) is 0 Å². The first-order chi connectivity index (χ1) is 9.15. The molecule has 0 saturated heterocycles. The standard InChI is InChI=1S/C15H23ClN2O/c1-4-18(5-2)9-8-17-15-12-10-11(3)19-14(12)7-6-13(15)16/h6-7,11,17H,4-5,8-10H2,1-3H3. The molecule has 1 N–H and O–H groups in total. The van der Waals surface area contributed by atoms with E-state index in [2.05, 4.69) is 31.0 Å². The molecule has 0 saturated carbocycles. The van der Waals surface area contributed by atoms with Crippen LogP contribution in [-0.4, -0.2) is 37.2 Å². The molecule has 1 atom stereocenters. The van der Waals surface area contributed by atoms with Gasteiger partial charge in [0.25, 0.3) is 0 Å². The minimum atomic E-state index is 0.247. The van der Waals surface area contributed by atoms with Crippen LogP contribution in [-0.2, 0) is 6.42 Å². The average Bonchev–Trinajstić information content (AvgIpc) is 2.78. The number of anilines is 1. The van der Waals surface area contributed by atoms with Crippen molar-refractivity contribution in [2.45, 2.75) is 33.3 Å². The third-order valence-corrected chi connectivity index (χ3v) is 3.98. The molecule has 3 nitrogen and oxygen atoms in total. The third kappa shape index (κ3) is 3.34. The molecule has 0 aromatic heterocycles. The van der Waals surface area contributed by atoms with Gasteiger partial charge in [0.05, 0.1) is 10.7 Å². The predicted octanol–water partition coefficient (Wildman–Crippen LogP) is 3.42. The Morgan fingerprint density at radius 1 is 1.37 bits per heavy atom. The Morgan fingerprint density at radius 2 is 2.11 bits per heavy atom. The molecule has 1 heterocycles. The third-order valence-electron chi connectivity index (χ3n) is 3.66. The van der Waals surface area contributed by atoms with Crippen LogP contribution < -0.4 is 10.1 Å². The van der Waals surface area contributed by atoms with E-state index in [9.17, 15) is 0 Å². The second kappa shape index (κ2) is 6.49. The van der Waals surface area contributed by atoms with Gasteiger partial charge in [0.1, 0.15) is 11.9 Å². The van der Waals surface area contributed by atoms with E-state index in [0.29, 0.717) is 0 Å². The second-order valence-corrected chi connectivity index (χ2v) is 5.39. The van der Waals surface area contributed by atoms with Crippen LogP contribution in [0.15, 0.2) is 12.1 Å². The summed E-state index contributed by atoms with van der Waals surface area (Å²) in [6, 6.07) is 3.88. The molecule has 0 spiro atoms. The topological polar surface area (TPSA) is 24.5 Å². The summed E-state index contributed by atoms with van der Waals surface area (Å²) < 4.78 is 5.76. The zero-order valence-corrected chi connectivity index (χ0v) is 12.8. The lowest BCUT2D eigenvalue weighted by molar-refractivity contribution is 0.254. The molecule has 1 aliphatic rings. The van der Waals surface area contributed by atoms with E-state index in [4.69, 9.17) is 16.3 Å². The van der Waals surface area contributed by atoms with Crippen LogP contribution in [0.1, 0.15) is 26.3 Å². The highest BCUT2D eigenvalue weighted by Crippen LogP contribution is 2.38. The molecular weight excluding hydrogens is 260 g/mol. The molecule has 1 aromatic rings. The minimum absolute atomic E-state index is 0.247. The quantitative estimate of drug-likeness (QED) is 0.865. The maximum absolute atomic E-state index is 6.31. The average molecular weight is 283 g/mol. The molecular formula is C15H23ClN2O. The van der Waals surface area contributed by atoms with Crippen molar-refractivity contribution in [3.63, 3.8) is 0 Å². The zero-order chi connectivity index (χ0) is 13.8. The Morgan fingerprint density at radius 3 is 2.79 bits per heavy atom. The number of likely N-dealkylation sites (N-methyl/N-ethyl adjacent to an activating group) is 1. The van der Waals surface area contributed by atoms with Crippen LogP contribution >= 0.6 is 11.6 Å². The first kappa shape index (κ1) is 14.5. The molecule has 1 aromatic carbocycles. The van der Waals surface area contributed by atoms with Crippen molar-refractivity contribution in [2.75, 3.05) is 31.5 Å². The number of rotatable bonds is 6. The predicted molar refractivity (Wildman–Crippen MR) is 81.5 cm³/mol. The number of halogens is 1. The summed E-state index contributed by atoms with van der Waals surface area (Å²) in [5.74, 6) is 0.974. The highest BCUT2D eigenvalue weighted by Gasteiger charge is 2.23. The van der Waals surface area contributed by atoms with E-state index in [1.165, 1.54) is 5.56 Å². The Labute approximate surface area is 120 Å². The Hall–Kier alpha value is -0.930. The number of nitrogens with zero attached hydrogens (tertiary/aromatic N) is 1. The maximum atomic E-state index is 6.31. The Bertz CT molecular complexity index is 432. The summed E-state index contributed by atoms with van der Waals surface area (Å²) in [5, 5.41) is 4.27. The fraction of sp³-hybridized carbons (Fsp3) is 0.600. The summed E-state index contributed by atoms with van der Waals surface area (Å²) in [4.78, 5) is 2.39. The van der Waals surface area contributed by atoms with Crippen LogP contribution in [0.3, 0.4) is 0 Å². The van der Waals surface area contributed by atoms with Crippen molar-refractivity contribution < 1.29 is 4.74 Å². The molecule has 1 aliphatic heterocycles. The molecule has 19 heavy (non-hydrogen) atoms. The molecule has 1 unspecified atom stereocenters. The summed E-state index contributed by atoms with van der Waals surface area (Å²) in [7, 11) is 0. The van der Waals surface area contributed by atoms with Crippen LogP contribution in [0.25, 0.3) is 0 Å². The van der Waals surface area contributed by atoms with Gasteiger partial charge in [0.15, 0.2) is 0 Å². The Kier molecular flexibility index (Phi) is 4.94. The normalized spacial score (nSPS) is 17.4. The van der Waals surface area contributed by atoms with Gasteiger partial charge < -0.3 is 15.0 Å². The van der Waals surface area contributed by atoms with Crippen LogP contribution in [0.5, 0.6) is 5.75 Å². The van der Waals surface area contributed by atoms with E-state index in [0.717, 1.165) is 49.1 Å².